The molecule has 4 N–H and O–H groups in total. The first-order valence-corrected chi connectivity index (χ1v) is 10.4. The van der Waals surface area contributed by atoms with Gasteiger partial charge in [-0.3, -0.25) is 4.79 Å². The number of aliphatic hydroxyl groups excluding tert-OH is 1. The zero-order valence-electron chi connectivity index (χ0n) is 18.3. The lowest BCUT2D eigenvalue weighted by Gasteiger charge is -2.31. The van der Waals surface area contributed by atoms with E-state index in [1.54, 1.807) is 20.8 Å². The van der Waals surface area contributed by atoms with Crippen molar-refractivity contribution in [3.05, 3.63) is 59.7 Å². The maximum Gasteiger partial charge on any atom is 0.407 e. The monoisotopic (exact) mass is 440 g/mol. The second kappa shape index (κ2) is 9.40. The Kier molecular flexibility index (Phi) is 6.84. The second-order valence-corrected chi connectivity index (χ2v) is 8.85. The molecule has 2 aromatic carbocycles. The highest BCUT2D eigenvalue weighted by molar-refractivity contribution is 5.90. The Labute approximate surface area is 186 Å². The van der Waals surface area contributed by atoms with Crippen LogP contribution >= 0.6 is 0 Å². The van der Waals surface area contributed by atoms with Gasteiger partial charge in [-0.25, -0.2) is 9.59 Å². The first-order chi connectivity index (χ1) is 15.1. The lowest BCUT2D eigenvalue weighted by molar-refractivity contribution is -0.143. The fourth-order valence-electron chi connectivity index (χ4n) is 3.87. The van der Waals surface area contributed by atoms with Gasteiger partial charge in [-0.1, -0.05) is 69.3 Å². The number of amides is 2. The van der Waals surface area contributed by atoms with Crippen molar-refractivity contribution >= 4 is 18.0 Å². The number of aliphatic hydroxyl groups is 1. The van der Waals surface area contributed by atoms with Crippen LogP contribution in [-0.4, -0.2) is 53.5 Å². The highest BCUT2D eigenvalue weighted by Crippen LogP contribution is 2.44. The molecule has 3 rings (SSSR count). The average Bonchev–Trinajstić information content (AvgIpc) is 3.07. The third-order valence-electron chi connectivity index (χ3n) is 5.53. The van der Waals surface area contributed by atoms with E-state index >= 15 is 0 Å². The molecule has 170 valence electrons. The quantitative estimate of drug-likeness (QED) is 0.524. The SMILES string of the molecule is CC(C)(C)[C@H](NC(=O)OCC1c2ccccc2-c2ccccc21)C(=O)N[C@H](CO)C(=O)O. The van der Waals surface area contributed by atoms with Crippen LogP contribution in [0.3, 0.4) is 0 Å². The summed E-state index contributed by atoms with van der Waals surface area (Å²) in [6, 6.07) is 13.4. The standard InChI is InChI=1S/C24H28N2O6/c1-24(2,3)20(21(28)25-19(12-27)22(29)30)26-23(31)32-13-18-16-10-6-4-8-14(16)15-9-5-7-11-17(15)18/h4-11,18-20,27H,12-13H2,1-3H3,(H,25,28)(H,26,31)(H,29,30)/t19-,20-/m1/s1. The van der Waals surface area contributed by atoms with Crippen molar-refractivity contribution < 1.29 is 29.3 Å². The van der Waals surface area contributed by atoms with Crippen LogP contribution in [0.4, 0.5) is 4.79 Å². The Hall–Kier alpha value is -3.39. The first kappa shape index (κ1) is 23.3. The van der Waals surface area contributed by atoms with Crippen LogP contribution in [0.2, 0.25) is 0 Å². The largest absolute Gasteiger partial charge is 0.480 e. The van der Waals surface area contributed by atoms with Crippen LogP contribution in [0.5, 0.6) is 0 Å². The number of carboxylic acid groups (broad SMARTS) is 1. The fraction of sp³-hybridized carbons (Fsp3) is 0.375. The summed E-state index contributed by atoms with van der Waals surface area (Å²) in [6.45, 7) is 4.52. The summed E-state index contributed by atoms with van der Waals surface area (Å²) >= 11 is 0. The van der Waals surface area contributed by atoms with Crippen LogP contribution in [0.25, 0.3) is 11.1 Å². The summed E-state index contributed by atoms with van der Waals surface area (Å²) < 4.78 is 5.50. The molecule has 2 amide bonds. The molecule has 8 nitrogen and oxygen atoms in total. The van der Waals surface area contributed by atoms with E-state index in [2.05, 4.69) is 10.6 Å². The minimum absolute atomic E-state index is 0.0900. The van der Waals surface area contributed by atoms with Crippen LogP contribution in [0.15, 0.2) is 48.5 Å². The maximum absolute atomic E-state index is 12.6. The number of hydrogen-bond acceptors (Lipinski definition) is 5. The van der Waals surface area contributed by atoms with Crippen molar-refractivity contribution in [1.82, 2.24) is 10.6 Å². The number of aliphatic carboxylic acids is 1. The van der Waals surface area contributed by atoms with Crippen molar-refractivity contribution in [2.45, 2.75) is 38.8 Å². The van der Waals surface area contributed by atoms with Gasteiger partial charge in [0, 0.05) is 5.92 Å². The fourth-order valence-corrected chi connectivity index (χ4v) is 3.87. The van der Waals surface area contributed by atoms with Gasteiger partial charge in [0.1, 0.15) is 18.7 Å². The number of alkyl carbamates (subject to hydrolysis) is 1. The molecule has 0 saturated heterocycles. The predicted molar refractivity (Wildman–Crippen MR) is 118 cm³/mol. The zero-order valence-corrected chi connectivity index (χ0v) is 18.3. The normalized spacial score (nSPS) is 14.6. The van der Waals surface area contributed by atoms with Crippen LogP contribution < -0.4 is 10.6 Å². The molecular weight excluding hydrogens is 412 g/mol. The molecule has 0 aromatic heterocycles. The molecule has 1 aliphatic rings. The summed E-state index contributed by atoms with van der Waals surface area (Å²) in [5, 5.41) is 23.0. The Balaban J connectivity index is 1.70. The van der Waals surface area contributed by atoms with Gasteiger partial charge >= 0.3 is 12.1 Å². The van der Waals surface area contributed by atoms with Crippen molar-refractivity contribution in [1.29, 1.82) is 0 Å². The highest BCUT2D eigenvalue weighted by Gasteiger charge is 2.36. The van der Waals surface area contributed by atoms with Crippen LogP contribution in [-0.2, 0) is 14.3 Å². The van der Waals surface area contributed by atoms with E-state index in [1.165, 1.54) is 0 Å². The Morgan fingerprint density at radius 3 is 1.97 bits per heavy atom. The van der Waals surface area contributed by atoms with Crippen molar-refractivity contribution in [2.24, 2.45) is 5.41 Å². The number of rotatable bonds is 7. The van der Waals surface area contributed by atoms with Crippen molar-refractivity contribution in [2.75, 3.05) is 13.2 Å². The minimum Gasteiger partial charge on any atom is -0.480 e. The molecule has 2 atom stereocenters. The van der Waals surface area contributed by atoms with Crippen molar-refractivity contribution in [3.8, 4) is 11.1 Å². The van der Waals surface area contributed by atoms with E-state index in [0.717, 1.165) is 22.3 Å². The number of benzene rings is 2. The highest BCUT2D eigenvalue weighted by atomic mass is 16.5. The Bertz CT molecular complexity index is 968. The predicted octanol–water partition coefficient (Wildman–Crippen LogP) is 2.50. The van der Waals surface area contributed by atoms with Gasteiger partial charge < -0.3 is 25.6 Å². The van der Waals surface area contributed by atoms with E-state index in [1.807, 2.05) is 48.5 Å². The second-order valence-electron chi connectivity index (χ2n) is 8.85. The van der Waals surface area contributed by atoms with E-state index in [9.17, 15) is 14.4 Å². The van der Waals surface area contributed by atoms with Gasteiger partial charge in [0.2, 0.25) is 5.91 Å². The van der Waals surface area contributed by atoms with Crippen LogP contribution in [0, 0.1) is 5.41 Å². The molecule has 0 saturated carbocycles. The van der Waals surface area contributed by atoms with Gasteiger partial charge in [0.15, 0.2) is 0 Å². The summed E-state index contributed by atoms with van der Waals surface area (Å²) in [5.41, 5.74) is 3.62. The average molecular weight is 440 g/mol. The molecule has 1 aliphatic carbocycles. The number of nitrogens with one attached hydrogen (secondary N) is 2. The number of carbonyl (C=O) groups is 3. The summed E-state index contributed by atoms with van der Waals surface area (Å²) in [6.07, 6.45) is -0.780. The van der Waals surface area contributed by atoms with E-state index in [4.69, 9.17) is 14.9 Å². The van der Waals surface area contributed by atoms with E-state index < -0.39 is 42.1 Å². The number of ether oxygens (including phenoxy) is 1. The number of carboxylic acids is 1. The first-order valence-electron chi connectivity index (χ1n) is 10.4. The molecule has 0 aliphatic heterocycles. The molecule has 0 spiro atoms. The molecule has 0 radical (unpaired) electrons. The van der Waals surface area contributed by atoms with Crippen LogP contribution in [0.1, 0.15) is 37.8 Å². The van der Waals surface area contributed by atoms with Gasteiger partial charge in [0.05, 0.1) is 6.61 Å². The summed E-state index contributed by atoms with van der Waals surface area (Å²) in [4.78, 5) is 36.4. The number of carbonyl (C=O) groups excluding carboxylic acids is 2. The van der Waals surface area contributed by atoms with Gasteiger partial charge in [0.25, 0.3) is 0 Å². The molecule has 0 unspecified atom stereocenters. The molecule has 0 bridgehead atoms. The van der Waals surface area contributed by atoms with E-state index in [-0.39, 0.29) is 12.5 Å². The van der Waals surface area contributed by atoms with Gasteiger partial charge in [-0.05, 0) is 27.7 Å². The summed E-state index contributed by atoms with van der Waals surface area (Å²) in [7, 11) is 0. The van der Waals surface area contributed by atoms with Gasteiger partial charge in [-0.15, -0.1) is 0 Å². The third-order valence-corrected chi connectivity index (χ3v) is 5.53. The zero-order chi connectivity index (χ0) is 23.5. The summed E-state index contributed by atoms with van der Waals surface area (Å²) in [5.74, 6) is -2.21. The lowest BCUT2D eigenvalue weighted by atomic mass is 9.86. The topological polar surface area (TPSA) is 125 Å². The molecule has 8 heteroatoms. The Morgan fingerprint density at radius 2 is 1.50 bits per heavy atom. The molecule has 2 aromatic rings. The molecule has 32 heavy (non-hydrogen) atoms. The maximum atomic E-state index is 12.6. The molecule has 0 heterocycles. The number of fused-ring (bicyclic) bond motifs is 3. The third kappa shape index (κ3) is 4.91. The van der Waals surface area contributed by atoms with Gasteiger partial charge in [-0.2, -0.15) is 0 Å². The molecule has 0 fully saturated rings. The van der Waals surface area contributed by atoms with E-state index in [0.29, 0.717) is 0 Å². The van der Waals surface area contributed by atoms with Crippen molar-refractivity contribution in [3.63, 3.8) is 0 Å². The lowest BCUT2D eigenvalue weighted by Crippen LogP contribution is -2.57. The number of hydrogen-bond donors (Lipinski definition) is 4. The molecular formula is C24H28N2O6. The Morgan fingerprint density at radius 1 is 0.969 bits per heavy atom. The minimum atomic E-state index is -1.46. The smallest absolute Gasteiger partial charge is 0.407 e.